The molecular weight excluding hydrogens is 286 g/mol. The van der Waals surface area contributed by atoms with Crippen LogP contribution in [0.3, 0.4) is 0 Å². The molecule has 3 heteroatoms. The van der Waals surface area contributed by atoms with Crippen LogP contribution >= 0.6 is 0 Å². The van der Waals surface area contributed by atoms with E-state index in [2.05, 4.69) is 0 Å². The summed E-state index contributed by atoms with van der Waals surface area (Å²) in [6.07, 6.45) is 0.595. The lowest BCUT2D eigenvalue weighted by molar-refractivity contribution is -0.143. The Morgan fingerprint density at radius 3 is 2.13 bits per heavy atom. The van der Waals surface area contributed by atoms with E-state index in [1.807, 2.05) is 72.8 Å². The maximum Gasteiger partial charge on any atom is 0.324 e. The first-order valence-corrected chi connectivity index (χ1v) is 7.61. The summed E-state index contributed by atoms with van der Waals surface area (Å²) in [5, 5.41) is 11.9. The highest BCUT2D eigenvalue weighted by Gasteiger charge is 2.34. The number of carboxylic acids is 1. The number of hydrogen-bond acceptors (Lipinski definition) is 2. The summed E-state index contributed by atoms with van der Waals surface area (Å²) >= 11 is 0. The van der Waals surface area contributed by atoms with Gasteiger partial charge in [-0.3, -0.25) is 4.79 Å². The average Bonchev–Trinajstić information content (AvgIpc) is 2.55. The highest BCUT2D eigenvalue weighted by Crippen LogP contribution is 2.21. The van der Waals surface area contributed by atoms with Crippen LogP contribution in [0.15, 0.2) is 72.8 Å². The summed E-state index contributed by atoms with van der Waals surface area (Å²) < 4.78 is 0. The van der Waals surface area contributed by atoms with Crippen molar-refractivity contribution in [2.45, 2.75) is 18.4 Å². The minimum absolute atomic E-state index is 0.294. The first-order chi connectivity index (χ1) is 11.1. The molecule has 0 fully saturated rings. The molecule has 0 amide bonds. The highest BCUT2D eigenvalue weighted by molar-refractivity contribution is 5.84. The monoisotopic (exact) mass is 305 g/mol. The topological polar surface area (TPSA) is 63.3 Å². The Balaban J connectivity index is 1.90. The van der Waals surface area contributed by atoms with Gasteiger partial charge < -0.3 is 10.8 Å². The van der Waals surface area contributed by atoms with Gasteiger partial charge in [-0.05, 0) is 21.9 Å². The largest absolute Gasteiger partial charge is 0.480 e. The van der Waals surface area contributed by atoms with Crippen LogP contribution in [0.2, 0.25) is 0 Å². The number of rotatable bonds is 5. The van der Waals surface area contributed by atoms with E-state index in [4.69, 9.17) is 5.73 Å². The van der Waals surface area contributed by atoms with Gasteiger partial charge in [0.1, 0.15) is 5.54 Å². The molecule has 3 rings (SSSR count). The summed E-state index contributed by atoms with van der Waals surface area (Å²) in [5.41, 5.74) is 6.80. The summed E-state index contributed by atoms with van der Waals surface area (Å²) in [4.78, 5) is 11.8. The molecular formula is C20H19NO2. The Morgan fingerprint density at radius 2 is 1.43 bits per heavy atom. The summed E-state index contributed by atoms with van der Waals surface area (Å²) in [6, 6.07) is 23.5. The zero-order valence-electron chi connectivity index (χ0n) is 12.8. The number of carboxylic acid groups (broad SMARTS) is 1. The van der Waals surface area contributed by atoms with Crippen molar-refractivity contribution in [2.24, 2.45) is 5.73 Å². The van der Waals surface area contributed by atoms with E-state index in [0.717, 1.165) is 21.9 Å². The van der Waals surface area contributed by atoms with Gasteiger partial charge in [0.15, 0.2) is 0 Å². The minimum atomic E-state index is -1.32. The molecule has 0 spiro atoms. The lowest BCUT2D eigenvalue weighted by Gasteiger charge is -2.25. The summed E-state index contributed by atoms with van der Waals surface area (Å²) in [7, 11) is 0. The fraction of sp³-hybridized carbons (Fsp3) is 0.150. The summed E-state index contributed by atoms with van der Waals surface area (Å²) in [6.45, 7) is 0. The molecule has 0 radical (unpaired) electrons. The fourth-order valence-electron chi connectivity index (χ4n) is 2.89. The molecule has 0 aliphatic heterocycles. The molecule has 0 unspecified atom stereocenters. The van der Waals surface area contributed by atoms with Crippen LogP contribution in [-0.2, 0) is 17.6 Å². The highest BCUT2D eigenvalue weighted by atomic mass is 16.4. The zero-order valence-corrected chi connectivity index (χ0v) is 12.8. The standard InChI is InChI=1S/C20H19NO2/c21-20(19(22)23,13-15-6-2-1-3-7-15)14-16-10-11-17-8-4-5-9-18(17)12-16/h1-12H,13-14,21H2,(H,22,23)/t20-/m0/s1. The Kier molecular flexibility index (Phi) is 4.13. The molecule has 0 aromatic heterocycles. The van der Waals surface area contributed by atoms with Crippen LogP contribution in [-0.4, -0.2) is 16.6 Å². The van der Waals surface area contributed by atoms with E-state index in [1.54, 1.807) is 0 Å². The molecule has 0 saturated carbocycles. The molecule has 23 heavy (non-hydrogen) atoms. The molecule has 0 aliphatic rings. The number of carbonyl (C=O) groups is 1. The first kappa shape index (κ1) is 15.3. The SMILES string of the molecule is N[C@@](Cc1ccccc1)(Cc1ccc2ccccc2c1)C(=O)O. The minimum Gasteiger partial charge on any atom is -0.480 e. The lowest BCUT2D eigenvalue weighted by Crippen LogP contribution is -2.51. The predicted molar refractivity (Wildman–Crippen MR) is 92.4 cm³/mol. The van der Waals surface area contributed by atoms with Crippen molar-refractivity contribution < 1.29 is 9.90 Å². The van der Waals surface area contributed by atoms with Gasteiger partial charge >= 0.3 is 5.97 Å². The van der Waals surface area contributed by atoms with Gasteiger partial charge in [0, 0.05) is 12.8 Å². The average molecular weight is 305 g/mol. The third-order valence-electron chi connectivity index (χ3n) is 4.12. The second-order valence-electron chi connectivity index (χ2n) is 5.98. The van der Waals surface area contributed by atoms with Crippen molar-refractivity contribution in [3.8, 4) is 0 Å². The third-order valence-corrected chi connectivity index (χ3v) is 4.12. The van der Waals surface area contributed by atoms with E-state index < -0.39 is 11.5 Å². The van der Waals surface area contributed by atoms with E-state index in [-0.39, 0.29) is 0 Å². The first-order valence-electron chi connectivity index (χ1n) is 7.61. The molecule has 3 N–H and O–H groups in total. The molecule has 3 aromatic carbocycles. The molecule has 3 nitrogen and oxygen atoms in total. The Morgan fingerprint density at radius 1 is 0.826 bits per heavy atom. The van der Waals surface area contributed by atoms with Crippen molar-refractivity contribution >= 4 is 16.7 Å². The van der Waals surface area contributed by atoms with Gasteiger partial charge in [-0.2, -0.15) is 0 Å². The van der Waals surface area contributed by atoms with Crippen LogP contribution in [0, 0.1) is 0 Å². The van der Waals surface area contributed by atoms with Crippen LogP contribution in [0.4, 0.5) is 0 Å². The third kappa shape index (κ3) is 3.41. The van der Waals surface area contributed by atoms with Gasteiger partial charge in [-0.1, -0.05) is 72.8 Å². The molecule has 0 heterocycles. The Bertz CT molecular complexity index is 829. The normalized spacial score (nSPS) is 13.6. The van der Waals surface area contributed by atoms with Crippen LogP contribution in [0.25, 0.3) is 10.8 Å². The molecule has 0 aliphatic carbocycles. The second-order valence-corrected chi connectivity index (χ2v) is 5.98. The van der Waals surface area contributed by atoms with Crippen molar-refractivity contribution in [1.29, 1.82) is 0 Å². The quantitative estimate of drug-likeness (QED) is 0.759. The van der Waals surface area contributed by atoms with Gasteiger partial charge in [0.2, 0.25) is 0 Å². The van der Waals surface area contributed by atoms with Crippen LogP contribution in [0.5, 0.6) is 0 Å². The van der Waals surface area contributed by atoms with E-state index in [9.17, 15) is 9.90 Å². The number of aliphatic carboxylic acids is 1. The molecule has 0 bridgehead atoms. The van der Waals surface area contributed by atoms with Crippen LogP contribution < -0.4 is 5.73 Å². The Labute approximate surface area is 135 Å². The Hall–Kier alpha value is -2.65. The van der Waals surface area contributed by atoms with Gasteiger partial charge in [-0.15, -0.1) is 0 Å². The van der Waals surface area contributed by atoms with E-state index in [0.29, 0.717) is 12.8 Å². The van der Waals surface area contributed by atoms with Gasteiger partial charge in [-0.25, -0.2) is 0 Å². The van der Waals surface area contributed by atoms with Gasteiger partial charge in [0.05, 0.1) is 0 Å². The van der Waals surface area contributed by atoms with Crippen molar-refractivity contribution in [3.63, 3.8) is 0 Å². The number of hydrogen-bond donors (Lipinski definition) is 2. The van der Waals surface area contributed by atoms with Crippen LogP contribution in [0.1, 0.15) is 11.1 Å². The fourth-order valence-corrected chi connectivity index (χ4v) is 2.89. The molecule has 3 aromatic rings. The van der Waals surface area contributed by atoms with E-state index in [1.165, 1.54) is 0 Å². The smallest absolute Gasteiger partial charge is 0.324 e. The number of fused-ring (bicyclic) bond motifs is 1. The van der Waals surface area contributed by atoms with Crippen molar-refractivity contribution in [2.75, 3.05) is 0 Å². The molecule has 1 atom stereocenters. The van der Waals surface area contributed by atoms with Crippen molar-refractivity contribution in [3.05, 3.63) is 83.9 Å². The van der Waals surface area contributed by atoms with Crippen molar-refractivity contribution in [1.82, 2.24) is 0 Å². The number of benzene rings is 3. The maximum atomic E-state index is 11.8. The number of nitrogens with two attached hydrogens (primary N) is 1. The predicted octanol–water partition coefficient (Wildman–Crippen LogP) is 3.41. The second kappa shape index (κ2) is 6.23. The molecule has 116 valence electrons. The van der Waals surface area contributed by atoms with Gasteiger partial charge in [0.25, 0.3) is 0 Å². The zero-order chi connectivity index (χ0) is 16.3. The maximum absolute atomic E-state index is 11.8. The van der Waals surface area contributed by atoms with E-state index >= 15 is 0 Å². The summed E-state index contributed by atoms with van der Waals surface area (Å²) in [5.74, 6) is -0.977. The lowest BCUT2D eigenvalue weighted by atomic mass is 9.85. The molecule has 0 saturated heterocycles.